The van der Waals surface area contributed by atoms with Gasteiger partial charge in [-0.1, -0.05) is 64.7 Å². The van der Waals surface area contributed by atoms with Crippen LogP contribution in [0.3, 0.4) is 0 Å². The minimum atomic E-state index is -0.313. The first-order valence-corrected chi connectivity index (χ1v) is 9.14. The molecule has 0 aliphatic heterocycles. The lowest BCUT2D eigenvalue weighted by atomic mass is 10.1. The Morgan fingerprint density at radius 3 is 1.43 bits per heavy atom. The van der Waals surface area contributed by atoms with Gasteiger partial charge in [0.25, 0.3) is 0 Å². The van der Waals surface area contributed by atoms with Crippen molar-refractivity contribution in [3.63, 3.8) is 0 Å². The van der Waals surface area contributed by atoms with Crippen LogP contribution in [0.15, 0.2) is 0 Å². The number of aliphatic hydroxyl groups is 2. The molecule has 0 heterocycles. The molecule has 2 atom stereocenters. The summed E-state index contributed by atoms with van der Waals surface area (Å²) < 4.78 is 0. The molecule has 0 aromatic carbocycles. The summed E-state index contributed by atoms with van der Waals surface area (Å²) in [5, 5.41) is 18.9. The van der Waals surface area contributed by atoms with E-state index in [4.69, 9.17) is 0 Å². The van der Waals surface area contributed by atoms with Gasteiger partial charge >= 0.3 is 0 Å². The van der Waals surface area contributed by atoms with E-state index < -0.39 is 0 Å². The topological polar surface area (TPSA) is 43.7 Å². The number of hydrogen-bond acceptors (Lipinski definition) is 3. The van der Waals surface area contributed by atoms with Gasteiger partial charge in [-0.2, -0.15) is 0 Å². The second-order valence-electron chi connectivity index (χ2n) is 6.64. The number of nitrogens with zero attached hydrogens (tertiary/aromatic N) is 1. The van der Waals surface area contributed by atoms with Crippen molar-refractivity contribution < 1.29 is 10.2 Å². The zero-order chi connectivity index (χ0) is 15.9. The van der Waals surface area contributed by atoms with E-state index in [1.807, 2.05) is 13.8 Å². The van der Waals surface area contributed by atoms with E-state index in [1.54, 1.807) is 0 Å². The van der Waals surface area contributed by atoms with Crippen molar-refractivity contribution in [1.82, 2.24) is 4.90 Å². The highest BCUT2D eigenvalue weighted by Gasteiger charge is 2.10. The normalized spacial score (nSPS) is 14.6. The first-order valence-electron chi connectivity index (χ1n) is 9.14. The summed E-state index contributed by atoms with van der Waals surface area (Å²) in [6, 6.07) is 0. The first kappa shape index (κ1) is 20.9. The van der Waals surface area contributed by atoms with Crippen molar-refractivity contribution in [3.05, 3.63) is 0 Å². The van der Waals surface area contributed by atoms with Crippen LogP contribution in [0.1, 0.15) is 85.0 Å². The van der Waals surface area contributed by atoms with Gasteiger partial charge in [0.05, 0.1) is 12.2 Å². The number of rotatable bonds is 15. The molecule has 0 amide bonds. The third-order valence-electron chi connectivity index (χ3n) is 3.87. The molecule has 0 bridgehead atoms. The van der Waals surface area contributed by atoms with E-state index in [0.717, 1.165) is 6.54 Å². The van der Waals surface area contributed by atoms with Crippen LogP contribution in [0.25, 0.3) is 0 Å². The Morgan fingerprint density at radius 1 is 0.667 bits per heavy atom. The predicted octanol–water partition coefficient (Wildman–Crippen LogP) is 3.97. The molecule has 3 heteroatoms. The highest BCUT2D eigenvalue weighted by atomic mass is 16.3. The Hall–Kier alpha value is -0.120. The summed E-state index contributed by atoms with van der Waals surface area (Å²) in [5.74, 6) is 0. The summed E-state index contributed by atoms with van der Waals surface area (Å²) in [4.78, 5) is 2.18. The number of hydrogen-bond donors (Lipinski definition) is 2. The molecule has 0 radical (unpaired) electrons. The maximum atomic E-state index is 9.47. The summed E-state index contributed by atoms with van der Waals surface area (Å²) >= 11 is 0. The van der Waals surface area contributed by atoms with Crippen molar-refractivity contribution in [2.75, 3.05) is 19.6 Å². The molecule has 0 spiro atoms. The van der Waals surface area contributed by atoms with Gasteiger partial charge < -0.3 is 10.2 Å². The monoisotopic (exact) mass is 301 g/mol. The van der Waals surface area contributed by atoms with Gasteiger partial charge in [-0.15, -0.1) is 0 Å². The zero-order valence-electron chi connectivity index (χ0n) is 14.7. The lowest BCUT2D eigenvalue weighted by Crippen LogP contribution is -2.36. The largest absolute Gasteiger partial charge is 0.392 e. The molecule has 0 aromatic rings. The molecule has 2 N–H and O–H groups in total. The smallest absolute Gasteiger partial charge is 0.0639 e. The molecule has 0 aliphatic carbocycles. The molecule has 0 saturated carbocycles. The average molecular weight is 302 g/mol. The Bertz CT molecular complexity index is 197. The van der Waals surface area contributed by atoms with Crippen LogP contribution < -0.4 is 0 Å². The average Bonchev–Trinajstić information content (AvgIpc) is 2.39. The fraction of sp³-hybridized carbons (Fsp3) is 1.00. The summed E-state index contributed by atoms with van der Waals surface area (Å²) in [6.07, 6.45) is 12.8. The van der Waals surface area contributed by atoms with Gasteiger partial charge in [0.1, 0.15) is 0 Å². The Labute approximate surface area is 132 Å². The van der Waals surface area contributed by atoms with Crippen molar-refractivity contribution in [2.45, 2.75) is 97.2 Å². The minimum absolute atomic E-state index is 0.313. The fourth-order valence-electron chi connectivity index (χ4n) is 2.83. The van der Waals surface area contributed by atoms with Crippen LogP contribution in [0.4, 0.5) is 0 Å². The molecule has 0 rings (SSSR count). The second-order valence-corrected chi connectivity index (χ2v) is 6.64. The van der Waals surface area contributed by atoms with Gasteiger partial charge in [0.15, 0.2) is 0 Å². The van der Waals surface area contributed by atoms with E-state index in [-0.39, 0.29) is 12.2 Å². The van der Waals surface area contributed by atoms with Crippen molar-refractivity contribution >= 4 is 0 Å². The summed E-state index contributed by atoms with van der Waals surface area (Å²) in [5.41, 5.74) is 0. The Balaban J connectivity index is 3.44. The molecule has 3 nitrogen and oxygen atoms in total. The molecule has 0 unspecified atom stereocenters. The van der Waals surface area contributed by atoms with E-state index in [1.165, 1.54) is 64.2 Å². The summed E-state index contributed by atoms with van der Waals surface area (Å²) in [6.45, 7) is 8.22. The molecule has 0 fully saturated rings. The Morgan fingerprint density at radius 2 is 1.05 bits per heavy atom. The van der Waals surface area contributed by atoms with Gasteiger partial charge in [0.2, 0.25) is 0 Å². The SMILES string of the molecule is CCCCCCCCCCCCN(C[C@H](C)O)C[C@@H](C)O. The Kier molecular flexibility index (Phi) is 14.7. The lowest BCUT2D eigenvalue weighted by Gasteiger charge is -2.24. The molecular formula is C18H39NO2. The minimum Gasteiger partial charge on any atom is -0.392 e. The van der Waals surface area contributed by atoms with Crippen LogP contribution >= 0.6 is 0 Å². The lowest BCUT2D eigenvalue weighted by molar-refractivity contribution is 0.0825. The third-order valence-corrected chi connectivity index (χ3v) is 3.87. The zero-order valence-corrected chi connectivity index (χ0v) is 14.7. The van der Waals surface area contributed by atoms with E-state index in [9.17, 15) is 10.2 Å². The summed E-state index contributed by atoms with van der Waals surface area (Å²) in [7, 11) is 0. The number of aliphatic hydroxyl groups excluding tert-OH is 2. The van der Waals surface area contributed by atoms with Gasteiger partial charge in [-0.3, -0.25) is 4.90 Å². The second kappa shape index (κ2) is 14.8. The predicted molar refractivity (Wildman–Crippen MR) is 91.6 cm³/mol. The van der Waals surface area contributed by atoms with Crippen LogP contribution in [-0.2, 0) is 0 Å². The molecular weight excluding hydrogens is 262 g/mol. The number of unbranched alkanes of at least 4 members (excludes halogenated alkanes) is 9. The molecule has 21 heavy (non-hydrogen) atoms. The first-order chi connectivity index (χ1) is 10.1. The quantitative estimate of drug-likeness (QED) is 0.450. The highest BCUT2D eigenvalue weighted by Crippen LogP contribution is 2.11. The van der Waals surface area contributed by atoms with Crippen LogP contribution in [0.2, 0.25) is 0 Å². The van der Waals surface area contributed by atoms with Crippen molar-refractivity contribution in [2.24, 2.45) is 0 Å². The molecule has 128 valence electrons. The highest BCUT2D eigenvalue weighted by molar-refractivity contribution is 4.64. The standard InChI is InChI=1S/C18H39NO2/c1-4-5-6-7-8-9-10-11-12-13-14-19(15-17(2)20)16-18(3)21/h17-18,20-21H,4-16H2,1-3H3/t17-,18+. The van der Waals surface area contributed by atoms with Crippen LogP contribution in [0, 0.1) is 0 Å². The fourth-order valence-corrected chi connectivity index (χ4v) is 2.83. The molecule has 0 saturated heterocycles. The molecule has 0 aromatic heterocycles. The van der Waals surface area contributed by atoms with Gasteiger partial charge in [-0.05, 0) is 26.8 Å². The molecule has 0 aliphatic rings. The van der Waals surface area contributed by atoms with Crippen LogP contribution in [0.5, 0.6) is 0 Å². The van der Waals surface area contributed by atoms with Crippen molar-refractivity contribution in [3.8, 4) is 0 Å². The third kappa shape index (κ3) is 16.1. The van der Waals surface area contributed by atoms with E-state index >= 15 is 0 Å². The van der Waals surface area contributed by atoms with E-state index in [0.29, 0.717) is 13.1 Å². The van der Waals surface area contributed by atoms with Crippen LogP contribution in [-0.4, -0.2) is 47.0 Å². The van der Waals surface area contributed by atoms with Gasteiger partial charge in [0, 0.05) is 13.1 Å². The van der Waals surface area contributed by atoms with Gasteiger partial charge in [-0.25, -0.2) is 0 Å². The maximum absolute atomic E-state index is 9.47. The maximum Gasteiger partial charge on any atom is 0.0639 e. The van der Waals surface area contributed by atoms with E-state index in [2.05, 4.69) is 11.8 Å². The van der Waals surface area contributed by atoms with Crippen molar-refractivity contribution in [1.29, 1.82) is 0 Å².